The van der Waals surface area contributed by atoms with Crippen LogP contribution in [0.3, 0.4) is 0 Å². The van der Waals surface area contributed by atoms with Crippen molar-refractivity contribution in [2.24, 2.45) is 0 Å². The molecule has 0 spiro atoms. The van der Waals surface area contributed by atoms with E-state index in [1.807, 2.05) is 6.20 Å². The fourth-order valence-corrected chi connectivity index (χ4v) is 4.15. The van der Waals surface area contributed by atoms with Crippen molar-refractivity contribution in [2.45, 2.75) is 32.2 Å². The molecule has 0 saturated heterocycles. The zero-order valence-electron chi connectivity index (χ0n) is 16.7. The van der Waals surface area contributed by atoms with E-state index in [0.717, 1.165) is 12.2 Å². The molecule has 0 N–H and O–H groups in total. The molecule has 2 aromatic heterocycles. The van der Waals surface area contributed by atoms with Gasteiger partial charge in [0, 0.05) is 34.3 Å². The summed E-state index contributed by atoms with van der Waals surface area (Å²) < 4.78 is 2.42. The number of rotatable bonds is 4. The third-order valence-electron chi connectivity index (χ3n) is 5.33. The third kappa shape index (κ3) is 3.69. The number of pyridine rings is 1. The van der Waals surface area contributed by atoms with Gasteiger partial charge in [-0.3, -0.25) is 4.98 Å². The minimum absolute atomic E-state index is 0. The smallest absolute Gasteiger partial charge is 0.0945 e. The molecular weight excluding hydrogens is 384 g/mol. The first-order valence-corrected chi connectivity index (χ1v) is 10.5. The summed E-state index contributed by atoms with van der Waals surface area (Å²) in [6, 6.07) is 19.6. The van der Waals surface area contributed by atoms with Crippen LogP contribution in [0, 0.1) is 20.8 Å². The molecule has 2 heterocycles. The van der Waals surface area contributed by atoms with E-state index in [9.17, 15) is 0 Å². The molecule has 4 heteroatoms. The number of halogens is 1. The average Bonchev–Trinajstić information content (AvgIpc) is 2.93. The van der Waals surface area contributed by atoms with E-state index in [0.29, 0.717) is 0 Å². The topological polar surface area (TPSA) is 17.8 Å². The van der Waals surface area contributed by atoms with Gasteiger partial charge in [0.25, 0.3) is 0 Å². The molecule has 0 saturated carbocycles. The van der Waals surface area contributed by atoms with E-state index in [1.54, 1.807) is 11.8 Å². The van der Waals surface area contributed by atoms with Crippen molar-refractivity contribution < 1.29 is 0 Å². The van der Waals surface area contributed by atoms with E-state index in [1.165, 1.54) is 43.7 Å². The maximum Gasteiger partial charge on any atom is 0.0945 e. The van der Waals surface area contributed by atoms with Crippen molar-refractivity contribution in [3.05, 3.63) is 83.2 Å². The maximum atomic E-state index is 4.78. The lowest BCUT2D eigenvalue weighted by Gasteiger charge is -2.12. The van der Waals surface area contributed by atoms with E-state index in [-0.39, 0.29) is 12.4 Å². The Morgan fingerprint density at radius 2 is 1.71 bits per heavy atom. The van der Waals surface area contributed by atoms with E-state index in [4.69, 9.17) is 4.98 Å². The van der Waals surface area contributed by atoms with Crippen molar-refractivity contribution in [3.8, 4) is 11.3 Å². The van der Waals surface area contributed by atoms with Crippen LogP contribution in [0.1, 0.15) is 22.4 Å². The largest absolute Gasteiger partial charge is 0.338 e. The Bertz CT molecular complexity index is 1110. The minimum atomic E-state index is 0. The summed E-state index contributed by atoms with van der Waals surface area (Å²) in [5.41, 5.74) is 8.71. The van der Waals surface area contributed by atoms with Crippen LogP contribution in [-0.2, 0) is 6.54 Å². The Hall–Kier alpha value is -2.23. The van der Waals surface area contributed by atoms with Crippen LogP contribution in [0.25, 0.3) is 22.2 Å². The summed E-state index contributed by atoms with van der Waals surface area (Å²) in [5.74, 6) is 0. The first kappa shape index (κ1) is 20.5. The van der Waals surface area contributed by atoms with Gasteiger partial charge in [-0.1, -0.05) is 42.0 Å². The molecule has 0 aliphatic rings. The molecule has 28 heavy (non-hydrogen) atoms. The first-order chi connectivity index (χ1) is 13.1. The Morgan fingerprint density at radius 3 is 2.39 bits per heavy atom. The molecule has 0 radical (unpaired) electrons. The zero-order valence-corrected chi connectivity index (χ0v) is 18.3. The summed E-state index contributed by atoms with van der Waals surface area (Å²) in [6.07, 6.45) is 4.04. The highest BCUT2D eigenvalue weighted by atomic mass is 35.5. The predicted octanol–water partition coefficient (Wildman–Crippen LogP) is 6.82. The lowest BCUT2D eigenvalue weighted by molar-refractivity contribution is 0.799. The highest BCUT2D eigenvalue weighted by molar-refractivity contribution is 7.98. The fourth-order valence-electron chi connectivity index (χ4n) is 3.75. The molecule has 144 valence electrons. The minimum Gasteiger partial charge on any atom is -0.338 e. The summed E-state index contributed by atoms with van der Waals surface area (Å²) in [5, 5.41) is 1.29. The van der Waals surface area contributed by atoms with E-state index in [2.05, 4.69) is 86.2 Å². The van der Waals surface area contributed by atoms with Gasteiger partial charge >= 0.3 is 0 Å². The SMILES string of the molecule is CSc1ccc(-c2nccc3c(C)c(C)n(Cc4cccc(C)c4)c23)cc1.Cl. The normalized spacial score (nSPS) is 10.9. The Kier molecular flexibility index (Phi) is 6.17. The van der Waals surface area contributed by atoms with Crippen molar-refractivity contribution in [3.63, 3.8) is 0 Å². The van der Waals surface area contributed by atoms with Crippen molar-refractivity contribution in [2.75, 3.05) is 6.26 Å². The second-order valence-corrected chi connectivity index (χ2v) is 7.95. The molecular formula is C24H25ClN2S. The number of fused-ring (bicyclic) bond motifs is 1. The number of nitrogens with zero attached hydrogens (tertiary/aromatic N) is 2. The van der Waals surface area contributed by atoms with Gasteiger partial charge in [0.2, 0.25) is 0 Å². The van der Waals surface area contributed by atoms with Crippen molar-refractivity contribution in [1.82, 2.24) is 9.55 Å². The predicted molar refractivity (Wildman–Crippen MR) is 124 cm³/mol. The fraction of sp³-hybridized carbons (Fsp3) is 0.208. The van der Waals surface area contributed by atoms with Crippen LogP contribution in [0.2, 0.25) is 0 Å². The molecule has 0 unspecified atom stereocenters. The van der Waals surface area contributed by atoms with Crippen LogP contribution in [-0.4, -0.2) is 15.8 Å². The second-order valence-electron chi connectivity index (χ2n) is 7.07. The van der Waals surface area contributed by atoms with Gasteiger partial charge < -0.3 is 4.57 Å². The number of aromatic nitrogens is 2. The van der Waals surface area contributed by atoms with Gasteiger partial charge in [0.05, 0.1) is 11.2 Å². The second kappa shape index (κ2) is 8.42. The highest BCUT2D eigenvalue weighted by Crippen LogP contribution is 2.33. The molecule has 0 fully saturated rings. The van der Waals surface area contributed by atoms with Crippen molar-refractivity contribution >= 4 is 35.1 Å². The standard InChI is InChI=1S/C24H24N2S.ClH/c1-16-6-5-7-19(14-16)15-26-18(3)17(2)22-12-13-25-23(24(22)26)20-8-10-21(27-4)11-9-20;/h5-14H,15H2,1-4H3;1H. The number of benzene rings is 2. The van der Waals surface area contributed by atoms with E-state index >= 15 is 0 Å². The number of aryl methyl sites for hydroxylation is 2. The van der Waals surface area contributed by atoms with Crippen LogP contribution >= 0.6 is 24.2 Å². The molecule has 0 aliphatic carbocycles. The lowest BCUT2D eigenvalue weighted by atomic mass is 10.1. The lowest BCUT2D eigenvalue weighted by Crippen LogP contribution is -2.03. The Morgan fingerprint density at radius 1 is 0.964 bits per heavy atom. The molecule has 4 aromatic rings. The monoisotopic (exact) mass is 408 g/mol. The summed E-state index contributed by atoms with van der Waals surface area (Å²) in [7, 11) is 0. The molecule has 0 atom stereocenters. The number of hydrogen-bond acceptors (Lipinski definition) is 2. The number of thioether (sulfide) groups is 1. The van der Waals surface area contributed by atoms with Crippen LogP contribution < -0.4 is 0 Å². The molecule has 0 aliphatic heterocycles. The number of hydrogen-bond donors (Lipinski definition) is 0. The van der Waals surface area contributed by atoms with Gasteiger partial charge in [-0.15, -0.1) is 24.2 Å². The summed E-state index contributed by atoms with van der Waals surface area (Å²) >= 11 is 1.76. The quantitative estimate of drug-likeness (QED) is 0.345. The molecule has 2 aromatic carbocycles. The van der Waals surface area contributed by atoms with Crippen molar-refractivity contribution in [1.29, 1.82) is 0 Å². The molecule has 0 bridgehead atoms. The van der Waals surface area contributed by atoms with Gasteiger partial charge in [-0.2, -0.15) is 0 Å². The third-order valence-corrected chi connectivity index (χ3v) is 6.08. The maximum absolute atomic E-state index is 4.78. The molecule has 2 nitrogen and oxygen atoms in total. The van der Waals surface area contributed by atoms with E-state index < -0.39 is 0 Å². The summed E-state index contributed by atoms with van der Waals surface area (Å²) in [4.78, 5) is 6.05. The van der Waals surface area contributed by atoms with Crippen LogP contribution in [0.15, 0.2) is 65.7 Å². The Labute approximate surface area is 177 Å². The van der Waals surface area contributed by atoms with Gasteiger partial charge in [0.1, 0.15) is 0 Å². The molecule has 4 rings (SSSR count). The van der Waals surface area contributed by atoms with Gasteiger partial charge in [-0.25, -0.2) is 0 Å². The van der Waals surface area contributed by atoms with Crippen LogP contribution in [0.5, 0.6) is 0 Å². The van der Waals surface area contributed by atoms with Crippen LogP contribution in [0.4, 0.5) is 0 Å². The highest BCUT2D eigenvalue weighted by Gasteiger charge is 2.16. The average molecular weight is 409 g/mol. The summed E-state index contributed by atoms with van der Waals surface area (Å²) in [6.45, 7) is 7.44. The zero-order chi connectivity index (χ0) is 19.0. The Balaban J connectivity index is 0.00000225. The first-order valence-electron chi connectivity index (χ1n) is 9.23. The van der Waals surface area contributed by atoms with Gasteiger partial charge in [-0.05, 0) is 56.4 Å². The van der Waals surface area contributed by atoms with Gasteiger partial charge in [0.15, 0.2) is 0 Å². The molecule has 0 amide bonds.